The average Bonchev–Trinajstić information content (AvgIpc) is 2.88. The summed E-state index contributed by atoms with van der Waals surface area (Å²) >= 11 is 6.05. The van der Waals surface area contributed by atoms with Crippen molar-refractivity contribution >= 4 is 11.6 Å². The molecule has 1 aromatic heterocycles. The fourth-order valence-electron chi connectivity index (χ4n) is 1.80. The molecule has 1 aromatic carbocycles. The minimum Gasteiger partial charge on any atom is -0.485 e. The van der Waals surface area contributed by atoms with Crippen molar-refractivity contribution in [3.05, 3.63) is 40.9 Å². The molecular weight excluding hydrogens is 292 g/mol. The van der Waals surface area contributed by atoms with Crippen molar-refractivity contribution in [1.29, 1.82) is 0 Å². The van der Waals surface area contributed by atoms with Gasteiger partial charge < -0.3 is 19.4 Å². The molecule has 0 bridgehead atoms. The van der Waals surface area contributed by atoms with E-state index in [4.69, 9.17) is 21.1 Å². The van der Waals surface area contributed by atoms with Gasteiger partial charge in [-0.15, -0.1) is 10.2 Å². The summed E-state index contributed by atoms with van der Waals surface area (Å²) in [6.45, 7) is 2.46. The standard InChI is InChI=1S/C14H19ClN4O2/c1-19-10-17-18-14(19)9-21-13-4-3-12(15)7-11(13)8-16-5-6-20-2/h3-4,7,10,16H,5-6,8-9H2,1-2H3. The molecule has 6 nitrogen and oxygen atoms in total. The Bertz CT molecular complexity index is 574. The van der Waals surface area contributed by atoms with Gasteiger partial charge in [0.05, 0.1) is 6.61 Å². The van der Waals surface area contributed by atoms with Gasteiger partial charge >= 0.3 is 0 Å². The first-order valence-corrected chi connectivity index (χ1v) is 7.02. The second-order valence-electron chi connectivity index (χ2n) is 4.57. The summed E-state index contributed by atoms with van der Waals surface area (Å²) < 4.78 is 12.7. The number of hydrogen-bond donors (Lipinski definition) is 1. The largest absolute Gasteiger partial charge is 0.485 e. The molecule has 0 radical (unpaired) electrons. The van der Waals surface area contributed by atoms with Crippen molar-refractivity contribution in [1.82, 2.24) is 20.1 Å². The maximum Gasteiger partial charge on any atom is 0.170 e. The van der Waals surface area contributed by atoms with Crippen LogP contribution in [0.5, 0.6) is 5.75 Å². The number of aromatic nitrogens is 3. The van der Waals surface area contributed by atoms with E-state index in [0.717, 1.165) is 23.7 Å². The topological polar surface area (TPSA) is 61.2 Å². The minimum atomic E-state index is 0.364. The van der Waals surface area contributed by atoms with Crippen LogP contribution in [-0.2, 0) is 24.9 Å². The fourth-order valence-corrected chi connectivity index (χ4v) is 2.00. The van der Waals surface area contributed by atoms with Crippen molar-refractivity contribution in [3.63, 3.8) is 0 Å². The summed E-state index contributed by atoms with van der Waals surface area (Å²) in [5, 5.41) is 11.8. The first-order chi connectivity index (χ1) is 10.2. The van der Waals surface area contributed by atoms with Gasteiger partial charge in [0.15, 0.2) is 5.82 Å². The SMILES string of the molecule is COCCNCc1cc(Cl)ccc1OCc1nncn1C. The first kappa shape index (κ1) is 15.8. The lowest BCUT2D eigenvalue weighted by molar-refractivity contribution is 0.199. The van der Waals surface area contributed by atoms with Gasteiger partial charge in [-0.3, -0.25) is 0 Å². The highest BCUT2D eigenvalue weighted by molar-refractivity contribution is 6.30. The average molecular weight is 311 g/mol. The van der Waals surface area contributed by atoms with Crippen LogP contribution in [0.15, 0.2) is 24.5 Å². The molecule has 0 spiro atoms. The van der Waals surface area contributed by atoms with E-state index >= 15 is 0 Å². The number of methoxy groups -OCH3 is 1. The second-order valence-corrected chi connectivity index (χ2v) is 5.00. The summed E-state index contributed by atoms with van der Waals surface area (Å²) in [5.41, 5.74) is 1.00. The van der Waals surface area contributed by atoms with Gasteiger partial charge in [-0.25, -0.2) is 0 Å². The Labute approximate surface area is 129 Å². The molecule has 114 valence electrons. The van der Waals surface area contributed by atoms with Gasteiger partial charge in [0.1, 0.15) is 18.7 Å². The number of benzene rings is 1. The van der Waals surface area contributed by atoms with Gasteiger partial charge in [-0.1, -0.05) is 11.6 Å². The van der Waals surface area contributed by atoms with E-state index < -0.39 is 0 Å². The molecule has 1 N–H and O–H groups in total. The zero-order valence-electron chi connectivity index (χ0n) is 12.2. The number of halogens is 1. The minimum absolute atomic E-state index is 0.364. The van der Waals surface area contributed by atoms with Crippen LogP contribution in [0, 0.1) is 0 Å². The van der Waals surface area contributed by atoms with Gasteiger partial charge in [-0.2, -0.15) is 0 Å². The highest BCUT2D eigenvalue weighted by atomic mass is 35.5. The number of aryl methyl sites for hydroxylation is 1. The van der Waals surface area contributed by atoms with E-state index in [1.807, 2.05) is 29.8 Å². The van der Waals surface area contributed by atoms with Crippen molar-refractivity contribution in [2.24, 2.45) is 7.05 Å². The molecule has 0 aliphatic carbocycles. The lowest BCUT2D eigenvalue weighted by atomic mass is 10.2. The third-order valence-electron chi connectivity index (χ3n) is 2.98. The Morgan fingerprint density at radius 1 is 1.38 bits per heavy atom. The Kier molecular flexibility index (Phi) is 5.98. The molecule has 0 saturated carbocycles. The predicted molar refractivity (Wildman–Crippen MR) is 80.4 cm³/mol. The van der Waals surface area contributed by atoms with Crippen LogP contribution in [0.25, 0.3) is 0 Å². The van der Waals surface area contributed by atoms with Crippen LogP contribution < -0.4 is 10.1 Å². The van der Waals surface area contributed by atoms with Crippen molar-refractivity contribution in [3.8, 4) is 5.75 Å². The van der Waals surface area contributed by atoms with Crippen LogP contribution in [0.1, 0.15) is 11.4 Å². The smallest absolute Gasteiger partial charge is 0.170 e. The summed E-state index contributed by atoms with van der Waals surface area (Å²) in [6, 6.07) is 5.58. The number of nitrogens with zero attached hydrogens (tertiary/aromatic N) is 3. The van der Waals surface area contributed by atoms with Crippen LogP contribution in [0.4, 0.5) is 0 Å². The molecule has 2 rings (SSSR count). The van der Waals surface area contributed by atoms with Crippen molar-refractivity contribution < 1.29 is 9.47 Å². The van der Waals surface area contributed by atoms with E-state index in [9.17, 15) is 0 Å². The zero-order valence-corrected chi connectivity index (χ0v) is 12.9. The molecule has 0 saturated heterocycles. The van der Waals surface area contributed by atoms with Gasteiger partial charge in [-0.05, 0) is 18.2 Å². The number of nitrogens with one attached hydrogen (secondary N) is 1. The van der Waals surface area contributed by atoms with Gasteiger partial charge in [0.2, 0.25) is 0 Å². The summed E-state index contributed by atoms with van der Waals surface area (Å²) in [7, 11) is 3.56. The van der Waals surface area contributed by atoms with E-state index in [-0.39, 0.29) is 0 Å². The molecule has 7 heteroatoms. The highest BCUT2D eigenvalue weighted by Crippen LogP contribution is 2.23. The van der Waals surface area contributed by atoms with Crippen molar-refractivity contribution in [2.45, 2.75) is 13.2 Å². The Balaban J connectivity index is 1.99. The molecule has 0 atom stereocenters. The molecule has 0 amide bonds. The summed E-state index contributed by atoms with van der Waals surface area (Å²) in [5.74, 6) is 1.55. The Morgan fingerprint density at radius 2 is 2.24 bits per heavy atom. The number of hydrogen-bond acceptors (Lipinski definition) is 5. The zero-order chi connectivity index (χ0) is 15.1. The fraction of sp³-hybridized carbons (Fsp3) is 0.429. The summed E-state index contributed by atoms with van der Waals surface area (Å²) in [4.78, 5) is 0. The van der Waals surface area contributed by atoms with E-state index in [1.54, 1.807) is 13.4 Å². The molecule has 21 heavy (non-hydrogen) atoms. The molecule has 0 fully saturated rings. The lowest BCUT2D eigenvalue weighted by Crippen LogP contribution is -2.19. The van der Waals surface area contributed by atoms with Crippen LogP contribution in [-0.4, -0.2) is 35.0 Å². The van der Waals surface area contributed by atoms with Crippen molar-refractivity contribution in [2.75, 3.05) is 20.3 Å². The molecule has 0 aliphatic heterocycles. The molecule has 2 aromatic rings. The van der Waals surface area contributed by atoms with E-state index in [1.165, 1.54) is 0 Å². The van der Waals surface area contributed by atoms with E-state index in [2.05, 4.69) is 15.5 Å². The molecule has 1 heterocycles. The summed E-state index contributed by atoms with van der Waals surface area (Å²) in [6.07, 6.45) is 1.65. The van der Waals surface area contributed by atoms with Crippen LogP contribution in [0.3, 0.4) is 0 Å². The maximum atomic E-state index is 6.05. The monoisotopic (exact) mass is 310 g/mol. The van der Waals surface area contributed by atoms with Gasteiger partial charge in [0, 0.05) is 37.8 Å². The normalized spacial score (nSPS) is 10.8. The molecule has 0 unspecified atom stereocenters. The Hall–Kier alpha value is -1.63. The van der Waals surface area contributed by atoms with Crippen LogP contribution >= 0.6 is 11.6 Å². The molecular formula is C14H19ClN4O2. The third-order valence-corrected chi connectivity index (χ3v) is 3.22. The third kappa shape index (κ3) is 4.70. The quantitative estimate of drug-likeness (QED) is 0.753. The first-order valence-electron chi connectivity index (χ1n) is 6.64. The number of ether oxygens (including phenoxy) is 2. The second kappa shape index (κ2) is 7.97. The van der Waals surface area contributed by atoms with Crippen LogP contribution in [0.2, 0.25) is 5.02 Å². The Morgan fingerprint density at radius 3 is 2.95 bits per heavy atom. The number of rotatable bonds is 8. The lowest BCUT2D eigenvalue weighted by Gasteiger charge is -2.12. The predicted octanol–water partition coefficient (Wildman–Crippen LogP) is 1.78. The van der Waals surface area contributed by atoms with E-state index in [0.29, 0.717) is 24.8 Å². The molecule has 0 aliphatic rings. The van der Waals surface area contributed by atoms with Gasteiger partial charge in [0.25, 0.3) is 0 Å². The highest BCUT2D eigenvalue weighted by Gasteiger charge is 2.07. The maximum absolute atomic E-state index is 6.05.